The van der Waals surface area contributed by atoms with Crippen molar-refractivity contribution in [2.45, 2.75) is 20.8 Å². The summed E-state index contributed by atoms with van der Waals surface area (Å²) in [6.45, 7) is 5.66. The van der Waals surface area contributed by atoms with Crippen LogP contribution >= 0.6 is 11.6 Å². The van der Waals surface area contributed by atoms with Crippen LogP contribution in [0.3, 0.4) is 0 Å². The zero-order chi connectivity index (χ0) is 17.3. The second kappa shape index (κ2) is 6.49. The molecule has 0 spiro atoms. The summed E-state index contributed by atoms with van der Waals surface area (Å²) in [5, 5.41) is 7.56. The quantitative estimate of drug-likeness (QED) is 0.715. The van der Waals surface area contributed by atoms with E-state index in [-0.39, 0.29) is 5.91 Å². The lowest BCUT2D eigenvalue weighted by Gasteiger charge is -2.09. The minimum atomic E-state index is -0.252. The summed E-state index contributed by atoms with van der Waals surface area (Å²) in [6.07, 6.45) is 0. The second-order valence-electron chi connectivity index (χ2n) is 5.75. The maximum absolute atomic E-state index is 12.8. The zero-order valence-corrected chi connectivity index (χ0v) is 14.4. The highest BCUT2D eigenvalue weighted by molar-refractivity contribution is 6.30. The second-order valence-corrected chi connectivity index (χ2v) is 6.18. The van der Waals surface area contributed by atoms with E-state index < -0.39 is 0 Å². The van der Waals surface area contributed by atoms with Crippen LogP contribution in [0.4, 0.5) is 5.69 Å². The van der Waals surface area contributed by atoms with Crippen LogP contribution in [-0.2, 0) is 0 Å². The molecule has 1 N–H and O–H groups in total. The molecule has 1 aromatic heterocycles. The van der Waals surface area contributed by atoms with Crippen LogP contribution in [0.1, 0.15) is 27.2 Å². The van der Waals surface area contributed by atoms with Gasteiger partial charge < -0.3 is 9.84 Å². The molecule has 3 rings (SSSR count). The number of nitrogens with zero attached hydrogens (tertiary/aromatic N) is 1. The van der Waals surface area contributed by atoms with Crippen LogP contribution < -0.4 is 5.32 Å². The van der Waals surface area contributed by atoms with Gasteiger partial charge in [-0.15, -0.1) is 0 Å². The Labute approximate surface area is 145 Å². The molecule has 0 radical (unpaired) electrons. The Bertz CT molecular complexity index is 915. The lowest BCUT2D eigenvalue weighted by Crippen LogP contribution is -2.14. The number of benzene rings is 2. The third-order valence-electron chi connectivity index (χ3n) is 3.83. The Balaban J connectivity index is 1.99. The van der Waals surface area contributed by atoms with E-state index in [9.17, 15) is 4.79 Å². The summed E-state index contributed by atoms with van der Waals surface area (Å²) in [7, 11) is 0. The monoisotopic (exact) mass is 340 g/mol. The lowest BCUT2D eigenvalue weighted by molar-refractivity contribution is 0.102. The number of amides is 1. The van der Waals surface area contributed by atoms with Crippen LogP contribution in [0, 0.1) is 20.8 Å². The smallest absolute Gasteiger partial charge is 0.261 e. The third kappa shape index (κ3) is 3.19. The summed E-state index contributed by atoms with van der Waals surface area (Å²) in [5.74, 6) is 0.213. The van der Waals surface area contributed by atoms with Crippen molar-refractivity contribution in [3.63, 3.8) is 0 Å². The van der Waals surface area contributed by atoms with Crippen molar-refractivity contribution < 1.29 is 9.32 Å². The largest absolute Gasteiger partial charge is 0.360 e. The van der Waals surface area contributed by atoms with Gasteiger partial charge in [-0.25, -0.2) is 0 Å². The molecule has 0 aliphatic heterocycles. The van der Waals surface area contributed by atoms with E-state index >= 15 is 0 Å². The predicted octanol–water partition coefficient (Wildman–Crippen LogP) is 5.17. The molecule has 122 valence electrons. The number of anilines is 1. The standard InChI is InChI=1S/C19H17ClN2O2/c1-11-7-8-12(2)16(9-11)21-19(23)17-13(3)24-22-18(17)14-5-4-6-15(20)10-14/h4-10H,1-3H3,(H,21,23). The summed E-state index contributed by atoms with van der Waals surface area (Å²) in [4.78, 5) is 12.8. The SMILES string of the molecule is Cc1ccc(C)c(NC(=O)c2c(-c3cccc(Cl)c3)noc2C)c1. The van der Waals surface area contributed by atoms with Gasteiger partial charge in [-0.1, -0.05) is 41.0 Å². The summed E-state index contributed by atoms with van der Waals surface area (Å²) in [5.41, 5.74) is 4.49. The topological polar surface area (TPSA) is 55.1 Å². The van der Waals surface area contributed by atoms with Gasteiger partial charge in [0.25, 0.3) is 5.91 Å². The molecular formula is C19H17ClN2O2. The molecule has 0 saturated carbocycles. The average molecular weight is 341 g/mol. The Morgan fingerprint density at radius 2 is 1.92 bits per heavy atom. The number of aryl methyl sites for hydroxylation is 3. The zero-order valence-electron chi connectivity index (χ0n) is 13.7. The molecule has 0 unspecified atom stereocenters. The van der Waals surface area contributed by atoms with Crippen LogP contribution in [0.2, 0.25) is 5.02 Å². The lowest BCUT2D eigenvalue weighted by atomic mass is 10.0. The van der Waals surface area contributed by atoms with Gasteiger partial charge in [-0.05, 0) is 50.1 Å². The molecule has 5 heteroatoms. The number of carbonyl (C=O) groups is 1. The van der Waals surface area contributed by atoms with Crippen molar-refractivity contribution >= 4 is 23.2 Å². The normalized spacial score (nSPS) is 10.7. The number of aromatic nitrogens is 1. The average Bonchev–Trinajstić information content (AvgIpc) is 2.93. The first kappa shape index (κ1) is 16.3. The van der Waals surface area contributed by atoms with Crippen LogP contribution in [0.25, 0.3) is 11.3 Å². The first-order chi connectivity index (χ1) is 11.5. The van der Waals surface area contributed by atoms with E-state index in [0.29, 0.717) is 22.0 Å². The van der Waals surface area contributed by atoms with Crippen molar-refractivity contribution in [3.8, 4) is 11.3 Å². The number of carbonyl (C=O) groups excluding carboxylic acids is 1. The van der Waals surface area contributed by atoms with Gasteiger partial charge in [0.1, 0.15) is 17.0 Å². The van der Waals surface area contributed by atoms with Crippen molar-refractivity contribution in [3.05, 3.63) is 69.9 Å². The predicted molar refractivity (Wildman–Crippen MR) is 95.6 cm³/mol. The molecule has 24 heavy (non-hydrogen) atoms. The highest BCUT2D eigenvalue weighted by Gasteiger charge is 2.22. The van der Waals surface area contributed by atoms with Gasteiger partial charge in [-0.2, -0.15) is 0 Å². The molecule has 0 fully saturated rings. The molecule has 1 amide bonds. The van der Waals surface area contributed by atoms with E-state index in [2.05, 4.69) is 10.5 Å². The number of halogens is 1. The van der Waals surface area contributed by atoms with E-state index in [1.54, 1.807) is 19.1 Å². The molecule has 3 aromatic rings. The summed E-state index contributed by atoms with van der Waals surface area (Å²) >= 11 is 6.04. The van der Waals surface area contributed by atoms with Gasteiger partial charge >= 0.3 is 0 Å². The molecule has 1 heterocycles. The number of hydrogen-bond acceptors (Lipinski definition) is 3. The summed E-state index contributed by atoms with van der Waals surface area (Å²) in [6, 6.07) is 13.1. The van der Waals surface area contributed by atoms with Crippen molar-refractivity contribution in [1.29, 1.82) is 0 Å². The van der Waals surface area contributed by atoms with Gasteiger partial charge in [-0.3, -0.25) is 4.79 Å². The molecule has 0 atom stereocenters. The van der Waals surface area contributed by atoms with Crippen molar-refractivity contribution in [1.82, 2.24) is 5.16 Å². The number of hydrogen-bond donors (Lipinski definition) is 1. The Hall–Kier alpha value is -2.59. The molecule has 0 saturated heterocycles. The van der Waals surface area contributed by atoms with Crippen LogP contribution in [-0.4, -0.2) is 11.1 Å². The fourth-order valence-electron chi connectivity index (χ4n) is 2.53. The summed E-state index contributed by atoms with van der Waals surface area (Å²) < 4.78 is 5.25. The first-order valence-electron chi connectivity index (χ1n) is 7.56. The van der Waals surface area contributed by atoms with Crippen molar-refractivity contribution in [2.75, 3.05) is 5.32 Å². The minimum absolute atomic E-state index is 0.252. The van der Waals surface area contributed by atoms with Gasteiger partial charge in [0.15, 0.2) is 0 Å². The first-order valence-corrected chi connectivity index (χ1v) is 7.94. The minimum Gasteiger partial charge on any atom is -0.360 e. The molecule has 4 nitrogen and oxygen atoms in total. The molecule has 0 aliphatic carbocycles. The van der Waals surface area contributed by atoms with Gasteiger partial charge in [0.2, 0.25) is 0 Å². The fourth-order valence-corrected chi connectivity index (χ4v) is 2.72. The third-order valence-corrected chi connectivity index (χ3v) is 4.06. The van der Waals surface area contributed by atoms with E-state index in [1.807, 2.05) is 44.2 Å². The number of nitrogens with one attached hydrogen (secondary N) is 1. The molecule has 2 aromatic carbocycles. The molecule has 0 bridgehead atoms. The number of rotatable bonds is 3. The molecule has 0 aliphatic rings. The van der Waals surface area contributed by atoms with E-state index in [4.69, 9.17) is 16.1 Å². The Morgan fingerprint density at radius 3 is 2.67 bits per heavy atom. The maximum Gasteiger partial charge on any atom is 0.261 e. The Kier molecular flexibility index (Phi) is 4.40. The van der Waals surface area contributed by atoms with E-state index in [1.165, 1.54) is 0 Å². The van der Waals surface area contributed by atoms with Crippen LogP contribution in [0.5, 0.6) is 0 Å². The highest BCUT2D eigenvalue weighted by atomic mass is 35.5. The Morgan fingerprint density at radius 1 is 1.12 bits per heavy atom. The fraction of sp³-hybridized carbons (Fsp3) is 0.158. The maximum atomic E-state index is 12.8. The van der Waals surface area contributed by atoms with Crippen molar-refractivity contribution in [2.24, 2.45) is 0 Å². The molecular weight excluding hydrogens is 324 g/mol. The highest BCUT2D eigenvalue weighted by Crippen LogP contribution is 2.28. The van der Waals surface area contributed by atoms with Crippen LogP contribution in [0.15, 0.2) is 47.0 Å². The van der Waals surface area contributed by atoms with Gasteiger partial charge in [0, 0.05) is 16.3 Å². The van der Waals surface area contributed by atoms with E-state index in [0.717, 1.165) is 22.4 Å². The van der Waals surface area contributed by atoms with Gasteiger partial charge in [0.05, 0.1) is 0 Å².